The van der Waals surface area contributed by atoms with E-state index in [9.17, 15) is 13.2 Å². The van der Waals surface area contributed by atoms with Gasteiger partial charge >= 0.3 is 5.97 Å². The minimum Gasteiger partial charge on any atom is -0.481 e. The van der Waals surface area contributed by atoms with E-state index in [4.69, 9.17) is 5.11 Å². The number of benzene rings is 1. The van der Waals surface area contributed by atoms with Crippen molar-refractivity contribution in [1.29, 1.82) is 0 Å². The number of hydrogen-bond donors (Lipinski definition) is 1. The van der Waals surface area contributed by atoms with Crippen LogP contribution >= 0.6 is 11.8 Å². The lowest BCUT2D eigenvalue weighted by atomic mass is 9.98. The molecule has 1 aliphatic heterocycles. The van der Waals surface area contributed by atoms with Crippen LogP contribution in [0.3, 0.4) is 0 Å². The summed E-state index contributed by atoms with van der Waals surface area (Å²) in [6.45, 7) is 3.29. The van der Waals surface area contributed by atoms with Gasteiger partial charge in [-0.3, -0.25) is 4.79 Å². The maximum Gasteiger partial charge on any atom is 0.303 e. The Morgan fingerprint density at radius 1 is 1.47 bits per heavy atom. The zero-order valence-electron chi connectivity index (χ0n) is 10.8. The van der Waals surface area contributed by atoms with Crippen molar-refractivity contribution >= 4 is 27.6 Å². The number of sulfone groups is 1. The van der Waals surface area contributed by atoms with Crippen molar-refractivity contribution in [2.75, 3.05) is 5.75 Å². The molecule has 1 aliphatic rings. The molecule has 0 bridgehead atoms. The lowest BCUT2D eigenvalue weighted by Gasteiger charge is -2.12. The minimum atomic E-state index is -3.31. The molecule has 4 nitrogen and oxygen atoms in total. The van der Waals surface area contributed by atoms with Crippen molar-refractivity contribution in [3.05, 3.63) is 23.8 Å². The second-order valence-corrected chi connectivity index (χ2v) is 8.47. The number of fused-ring (bicyclic) bond motifs is 1. The molecule has 1 unspecified atom stereocenters. The molecule has 0 amide bonds. The number of aliphatic carboxylic acids is 1. The molecule has 0 aromatic heterocycles. The van der Waals surface area contributed by atoms with E-state index in [0.717, 1.165) is 10.5 Å². The van der Waals surface area contributed by atoms with Crippen molar-refractivity contribution in [1.82, 2.24) is 0 Å². The number of carbonyl (C=O) groups is 1. The van der Waals surface area contributed by atoms with Crippen molar-refractivity contribution in [2.24, 2.45) is 0 Å². The first kappa shape index (κ1) is 14.4. The van der Waals surface area contributed by atoms with Gasteiger partial charge < -0.3 is 5.11 Å². The Morgan fingerprint density at radius 3 is 2.74 bits per heavy atom. The number of thioether (sulfide) groups is 1. The van der Waals surface area contributed by atoms with Crippen LogP contribution in [0.15, 0.2) is 28.0 Å². The molecule has 0 saturated carbocycles. The predicted octanol–water partition coefficient (Wildman–Crippen LogP) is 2.53. The zero-order chi connectivity index (χ0) is 14.2. The van der Waals surface area contributed by atoms with Crippen LogP contribution in [0, 0.1) is 0 Å². The van der Waals surface area contributed by atoms with Gasteiger partial charge in [0.2, 0.25) is 0 Å². The summed E-state index contributed by atoms with van der Waals surface area (Å²) in [5, 5.41) is 8.41. The van der Waals surface area contributed by atoms with Crippen LogP contribution in [0.5, 0.6) is 0 Å². The maximum absolute atomic E-state index is 12.1. The van der Waals surface area contributed by atoms with Crippen LogP contribution < -0.4 is 0 Å². The van der Waals surface area contributed by atoms with Crippen LogP contribution in [0.2, 0.25) is 0 Å². The molecular weight excluding hydrogens is 284 g/mol. The number of carboxylic acids is 1. The Kier molecular flexibility index (Phi) is 3.92. The van der Waals surface area contributed by atoms with E-state index in [1.807, 2.05) is 0 Å². The first-order chi connectivity index (χ1) is 8.82. The summed E-state index contributed by atoms with van der Waals surface area (Å²) in [6, 6.07) is 5.06. The van der Waals surface area contributed by atoms with Gasteiger partial charge in [0.1, 0.15) is 0 Å². The summed E-state index contributed by atoms with van der Waals surface area (Å²) < 4.78 is 24.3. The first-order valence-electron chi connectivity index (χ1n) is 6.05. The van der Waals surface area contributed by atoms with E-state index in [-0.39, 0.29) is 12.3 Å². The van der Waals surface area contributed by atoms with Crippen molar-refractivity contribution in [3.63, 3.8) is 0 Å². The molecule has 1 aromatic rings. The fraction of sp³-hybridized carbons (Fsp3) is 0.462. The van der Waals surface area contributed by atoms with Crippen molar-refractivity contribution in [2.45, 2.75) is 41.2 Å². The largest absolute Gasteiger partial charge is 0.481 e. The lowest BCUT2D eigenvalue weighted by Crippen LogP contribution is -2.14. The van der Waals surface area contributed by atoms with Crippen molar-refractivity contribution in [3.8, 4) is 0 Å². The second-order valence-electron chi connectivity index (χ2n) is 4.90. The van der Waals surface area contributed by atoms with Gasteiger partial charge in [0, 0.05) is 16.6 Å². The molecule has 0 saturated heterocycles. The summed E-state index contributed by atoms with van der Waals surface area (Å²) in [7, 11) is -3.31. The Hall–Kier alpha value is -1.01. The average molecular weight is 300 g/mol. The number of rotatable bonds is 4. The molecule has 1 aromatic carbocycles. The van der Waals surface area contributed by atoms with Crippen LogP contribution in [-0.2, 0) is 14.6 Å². The summed E-state index contributed by atoms with van der Waals surface area (Å²) >= 11 is 1.59. The maximum atomic E-state index is 12.1. The van der Waals surface area contributed by atoms with E-state index in [1.165, 1.54) is 0 Å². The second kappa shape index (κ2) is 5.17. The molecule has 2 rings (SSSR count). The van der Waals surface area contributed by atoms with Gasteiger partial charge in [-0.25, -0.2) is 8.42 Å². The molecule has 0 aliphatic carbocycles. The standard InChI is InChI=1S/C13H16O4S2/c1-8(2)19(16,17)10-3-4-12-11(6-10)9(7-18-12)5-13(14)15/h3-4,6,8-9H,5,7H2,1-2H3,(H,14,15). The first-order valence-corrected chi connectivity index (χ1v) is 8.58. The highest BCUT2D eigenvalue weighted by molar-refractivity contribution is 7.99. The van der Waals surface area contributed by atoms with Gasteiger partial charge in [0.05, 0.1) is 16.6 Å². The predicted molar refractivity (Wildman–Crippen MR) is 74.5 cm³/mol. The topological polar surface area (TPSA) is 71.4 Å². The summed E-state index contributed by atoms with van der Waals surface area (Å²) in [5.41, 5.74) is 0.856. The Labute approximate surface area is 117 Å². The fourth-order valence-electron chi connectivity index (χ4n) is 2.09. The van der Waals surface area contributed by atoms with Gasteiger partial charge in [-0.15, -0.1) is 11.8 Å². The van der Waals surface area contributed by atoms with E-state index in [2.05, 4.69) is 0 Å². The number of hydrogen-bond acceptors (Lipinski definition) is 4. The fourth-order valence-corrected chi connectivity index (χ4v) is 4.41. The molecule has 0 spiro atoms. The number of carboxylic acid groups (broad SMARTS) is 1. The quantitative estimate of drug-likeness (QED) is 0.925. The lowest BCUT2D eigenvalue weighted by molar-refractivity contribution is -0.137. The highest BCUT2D eigenvalue weighted by atomic mass is 32.2. The minimum absolute atomic E-state index is 0.0468. The van der Waals surface area contributed by atoms with E-state index >= 15 is 0 Å². The SMILES string of the molecule is CC(C)S(=O)(=O)c1ccc2c(c1)C(CC(=O)O)CS2. The molecule has 6 heteroatoms. The van der Waals surface area contributed by atoms with Crippen LogP contribution in [0.4, 0.5) is 0 Å². The smallest absolute Gasteiger partial charge is 0.303 e. The van der Waals surface area contributed by atoms with Gasteiger partial charge in [-0.1, -0.05) is 0 Å². The van der Waals surface area contributed by atoms with Crippen LogP contribution in [-0.4, -0.2) is 30.5 Å². The zero-order valence-corrected chi connectivity index (χ0v) is 12.4. The molecule has 104 valence electrons. The van der Waals surface area contributed by atoms with Crippen LogP contribution in [0.1, 0.15) is 31.7 Å². The third kappa shape index (κ3) is 2.79. The molecule has 1 heterocycles. The normalized spacial score (nSPS) is 18.6. The molecule has 19 heavy (non-hydrogen) atoms. The Balaban J connectivity index is 2.41. The third-order valence-electron chi connectivity index (χ3n) is 3.23. The summed E-state index contributed by atoms with van der Waals surface area (Å²) in [5.74, 6) is -0.248. The average Bonchev–Trinajstić information content (AvgIpc) is 2.71. The summed E-state index contributed by atoms with van der Waals surface area (Å²) in [4.78, 5) is 12.1. The monoisotopic (exact) mass is 300 g/mol. The molecule has 0 fully saturated rings. The highest BCUT2D eigenvalue weighted by Crippen LogP contribution is 2.42. The van der Waals surface area contributed by atoms with Crippen LogP contribution in [0.25, 0.3) is 0 Å². The third-order valence-corrected chi connectivity index (χ3v) is 6.64. The Morgan fingerprint density at radius 2 is 2.16 bits per heavy atom. The molecule has 1 N–H and O–H groups in total. The summed E-state index contributed by atoms with van der Waals surface area (Å²) in [6.07, 6.45) is 0.0468. The molecule has 1 atom stereocenters. The van der Waals surface area contributed by atoms with Crippen molar-refractivity contribution < 1.29 is 18.3 Å². The highest BCUT2D eigenvalue weighted by Gasteiger charge is 2.28. The van der Waals surface area contributed by atoms with Gasteiger partial charge in [-0.05, 0) is 37.6 Å². The van der Waals surface area contributed by atoms with E-state index in [1.54, 1.807) is 43.8 Å². The van der Waals surface area contributed by atoms with E-state index in [0.29, 0.717) is 10.6 Å². The van der Waals surface area contributed by atoms with Gasteiger partial charge in [-0.2, -0.15) is 0 Å². The van der Waals surface area contributed by atoms with E-state index < -0.39 is 21.1 Å². The Bertz CT molecular complexity index is 605. The molecule has 0 radical (unpaired) electrons. The molecular formula is C13H16O4S2. The van der Waals surface area contributed by atoms with Gasteiger partial charge in [0.25, 0.3) is 0 Å². The van der Waals surface area contributed by atoms with Gasteiger partial charge in [0.15, 0.2) is 9.84 Å².